The summed E-state index contributed by atoms with van der Waals surface area (Å²) in [6.45, 7) is 3.25. The largest absolute Gasteiger partial charge is 0.504 e. The number of aromatic hydroxyl groups is 1. The van der Waals surface area contributed by atoms with E-state index in [1.54, 1.807) is 26.0 Å². The molecule has 2 aromatic carbocycles. The Hall–Kier alpha value is -3.42. The number of rotatable bonds is 5. The monoisotopic (exact) mass is 343 g/mol. The second-order valence-electron chi connectivity index (χ2n) is 5.28. The molecule has 2 N–H and O–H groups in total. The Labute approximate surface area is 143 Å². The number of nitro benzene ring substituents is 1. The summed E-state index contributed by atoms with van der Waals surface area (Å²) in [5.41, 5.74) is 4.18. The number of methoxy groups -OCH3 is 1. The normalized spacial score (nSPS) is 11.1. The molecule has 0 spiro atoms. The first kappa shape index (κ1) is 17.9. The second-order valence-corrected chi connectivity index (χ2v) is 5.28. The van der Waals surface area contributed by atoms with Gasteiger partial charge in [0.05, 0.1) is 17.7 Å². The number of nitrogens with one attached hydrogen (secondary N) is 1. The fourth-order valence-electron chi connectivity index (χ4n) is 2.17. The summed E-state index contributed by atoms with van der Waals surface area (Å²) in [7, 11) is 1.43. The zero-order chi connectivity index (χ0) is 18.6. The van der Waals surface area contributed by atoms with Gasteiger partial charge >= 0.3 is 0 Å². The maximum atomic E-state index is 12.1. The van der Waals surface area contributed by atoms with E-state index in [1.165, 1.54) is 31.4 Å². The Morgan fingerprint density at radius 2 is 1.92 bits per heavy atom. The molecular formula is C17H17N3O5. The predicted octanol–water partition coefficient (Wildman–Crippen LogP) is 2.77. The zero-order valence-corrected chi connectivity index (χ0v) is 13.9. The Balaban J connectivity index is 2.16. The number of carbonyl (C=O) groups excluding carboxylic acids is 1. The first-order valence-corrected chi connectivity index (χ1v) is 7.30. The standard InChI is InChI=1S/C17H17N3O5/c1-10-8-13(4-6-14(10)20(23)24)17(22)19-18-11(2)12-5-7-15(21)16(9-12)25-3/h4-9,21H,1-3H3,(H,19,22). The molecule has 0 aliphatic carbocycles. The van der Waals surface area contributed by atoms with Crippen molar-refractivity contribution in [1.82, 2.24) is 5.43 Å². The van der Waals surface area contributed by atoms with Gasteiger partial charge in [-0.2, -0.15) is 5.10 Å². The Bertz CT molecular complexity index is 861. The molecule has 0 radical (unpaired) electrons. The van der Waals surface area contributed by atoms with Crippen LogP contribution in [-0.4, -0.2) is 28.8 Å². The molecule has 0 atom stereocenters. The summed E-state index contributed by atoms with van der Waals surface area (Å²) in [4.78, 5) is 22.4. The molecule has 0 aliphatic heterocycles. The summed E-state index contributed by atoms with van der Waals surface area (Å²) in [5, 5.41) is 24.4. The van der Waals surface area contributed by atoms with Gasteiger partial charge < -0.3 is 9.84 Å². The molecule has 0 heterocycles. The van der Waals surface area contributed by atoms with Gasteiger partial charge in [0.15, 0.2) is 11.5 Å². The molecule has 0 aromatic heterocycles. The number of hydrazone groups is 1. The average Bonchev–Trinajstić information content (AvgIpc) is 2.59. The van der Waals surface area contributed by atoms with Crippen LogP contribution in [0.4, 0.5) is 5.69 Å². The fourth-order valence-corrected chi connectivity index (χ4v) is 2.17. The van der Waals surface area contributed by atoms with Crippen molar-refractivity contribution >= 4 is 17.3 Å². The summed E-state index contributed by atoms with van der Waals surface area (Å²) in [6.07, 6.45) is 0. The van der Waals surface area contributed by atoms with Crippen LogP contribution >= 0.6 is 0 Å². The highest BCUT2D eigenvalue weighted by molar-refractivity contribution is 6.01. The predicted molar refractivity (Wildman–Crippen MR) is 92.2 cm³/mol. The third-order valence-corrected chi connectivity index (χ3v) is 3.58. The van der Waals surface area contributed by atoms with E-state index >= 15 is 0 Å². The van der Waals surface area contributed by atoms with Crippen LogP contribution in [0.3, 0.4) is 0 Å². The Morgan fingerprint density at radius 3 is 2.52 bits per heavy atom. The lowest BCUT2D eigenvalue weighted by Gasteiger charge is -2.07. The number of aryl methyl sites for hydroxylation is 1. The summed E-state index contributed by atoms with van der Waals surface area (Å²) >= 11 is 0. The lowest BCUT2D eigenvalue weighted by Crippen LogP contribution is -2.19. The lowest BCUT2D eigenvalue weighted by atomic mass is 10.1. The first-order chi connectivity index (χ1) is 11.8. The summed E-state index contributed by atoms with van der Waals surface area (Å²) in [6, 6.07) is 8.78. The van der Waals surface area contributed by atoms with Crippen LogP contribution in [0, 0.1) is 17.0 Å². The van der Waals surface area contributed by atoms with Gasteiger partial charge in [-0.3, -0.25) is 14.9 Å². The molecule has 0 saturated carbocycles. The van der Waals surface area contributed by atoms with Crippen LogP contribution in [0.25, 0.3) is 0 Å². The number of benzene rings is 2. The Morgan fingerprint density at radius 1 is 1.24 bits per heavy atom. The highest BCUT2D eigenvalue weighted by atomic mass is 16.6. The molecule has 8 heteroatoms. The highest BCUT2D eigenvalue weighted by Gasteiger charge is 2.13. The topological polar surface area (TPSA) is 114 Å². The van der Waals surface area contributed by atoms with E-state index in [2.05, 4.69) is 10.5 Å². The minimum atomic E-state index is -0.502. The van der Waals surface area contributed by atoms with E-state index in [0.717, 1.165) is 0 Å². The minimum absolute atomic E-state index is 0.00411. The van der Waals surface area contributed by atoms with Crippen LogP contribution in [0.1, 0.15) is 28.4 Å². The van der Waals surface area contributed by atoms with Crippen molar-refractivity contribution in [2.24, 2.45) is 5.10 Å². The molecular weight excluding hydrogens is 326 g/mol. The molecule has 0 fully saturated rings. The molecule has 130 valence electrons. The number of phenols is 1. The molecule has 25 heavy (non-hydrogen) atoms. The minimum Gasteiger partial charge on any atom is -0.504 e. The van der Waals surface area contributed by atoms with E-state index in [1.807, 2.05) is 0 Å². The van der Waals surface area contributed by atoms with Crippen LogP contribution in [0.15, 0.2) is 41.5 Å². The van der Waals surface area contributed by atoms with E-state index in [9.17, 15) is 20.0 Å². The molecule has 0 saturated heterocycles. The highest BCUT2D eigenvalue weighted by Crippen LogP contribution is 2.26. The van der Waals surface area contributed by atoms with Gasteiger partial charge in [0.2, 0.25) is 0 Å². The average molecular weight is 343 g/mol. The van der Waals surface area contributed by atoms with Gasteiger partial charge in [-0.25, -0.2) is 5.43 Å². The van der Waals surface area contributed by atoms with E-state index in [4.69, 9.17) is 4.74 Å². The van der Waals surface area contributed by atoms with Crippen molar-refractivity contribution < 1.29 is 19.6 Å². The number of amides is 1. The zero-order valence-electron chi connectivity index (χ0n) is 13.9. The molecule has 0 bridgehead atoms. The SMILES string of the molecule is COc1cc(C(C)=NNC(=O)c2ccc([N+](=O)[O-])c(C)c2)ccc1O. The number of nitrogens with zero attached hydrogens (tertiary/aromatic N) is 2. The molecule has 1 amide bonds. The van der Waals surface area contributed by atoms with Crippen molar-refractivity contribution in [1.29, 1.82) is 0 Å². The van der Waals surface area contributed by atoms with Gasteiger partial charge in [-0.05, 0) is 44.2 Å². The van der Waals surface area contributed by atoms with Gasteiger partial charge in [0.25, 0.3) is 11.6 Å². The number of phenolic OH excluding ortho intramolecular Hbond substituents is 1. The van der Waals surface area contributed by atoms with E-state index < -0.39 is 10.8 Å². The van der Waals surface area contributed by atoms with Crippen LogP contribution in [0.5, 0.6) is 11.5 Å². The van der Waals surface area contributed by atoms with Gasteiger partial charge in [0.1, 0.15) is 0 Å². The smallest absolute Gasteiger partial charge is 0.272 e. The molecule has 2 aromatic rings. The second kappa shape index (κ2) is 7.43. The van der Waals surface area contributed by atoms with Gasteiger partial charge in [0, 0.05) is 22.8 Å². The van der Waals surface area contributed by atoms with Crippen molar-refractivity contribution in [2.75, 3.05) is 7.11 Å². The molecule has 0 unspecified atom stereocenters. The molecule has 8 nitrogen and oxygen atoms in total. The van der Waals surface area contributed by atoms with Crippen LogP contribution in [0.2, 0.25) is 0 Å². The maximum Gasteiger partial charge on any atom is 0.272 e. The Kier molecular flexibility index (Phi) is 5.33. The fraction of sp³-hybridized carbons (Fsp3) is 0.176. The van der Waals surface area contributed by atoms with Crippen molar-refractivity contribution in [3.8, 4) is 11.5 Å². The quantitative estimate of drug-likeness (QED) is 0.492. The number of carbonyl (C=O) groups is 1. The van der Waals surface area contributed by atoms with E-state index in [-0.39, 0.29) is 17.0 Å². The van der Waals surface area contributed by atoms with E-state index in [0.29, 0.717) is 22.6 Å². The summed E-state index contributed by atoms with van der Waals surface area (Å²) in [5.74, 6) is -0.183. The first-order valence-electron chi connectivity index (χ1n) is 7.30. The van der Waals surface area contributed by atoms with Crippen molar-refractivity contribution in [3.05, 3.63) is 63.2 Å². The summed E-state index contributed by atoms with van der Waals surface area (Å²) < 4.78 is 5.03. The number of hydrogen-bond donors (Lipinski definition) is 2. The molecule has 2 rings (SSSR count). The number of hydrogen-bond acceptors (Lipinski definition) is 6. The van der Waals surface area contributed by atoms with Gasteiger partial charge in [-0.15, -0.1) is 0 Å². The molecule has 0 aliphatic rings. The van der Waals surface area contributed by atoms with Crippen molar-refractivity contribution in [2.45, 2.75) is 13.8 Å². The third-order valence-electron chi connectivity index (χ3n) is 3.58. The van der Waals surface area contributed by atoms with Crippen molar-refractivity contribution in [3.63, 3.8) is 0 Å². The maximum absolute atomic E-state index is 12.1. The third kappa shape index (κ3) is 4.11. The van der Waals surface area contributed by atoms with Crippen LogP contribution < -0.4 is 10.2 Å². The lowest BCUT2D eigenvalue weighted by molar-refractivity contribution is -0.385. The van der Waals surface area contributed by atoms with Gasteiger partial charge in [-0.1, -0.05) is 0 Å². The number of nitro groups is 1. The number of ether oxygens (including phenoxy) is 1. The van der Waals surface area contributed by atoms with Crippen LogP contribution in [-0.2, 0) is 0 Å².